The molecule has 127 heavy (non-hydrogen) atoms. The second-order valence-corrected chi connectivity index (χ2v) is 34.5. The zero-order valence-electron chi connectivity index (χ0n) is 74.6. The predicted octanol–water partition coefficient (Wildman–Crippen LogP) is 5.39. The first kappa shape index (κ1) is 98.2. The van der Waals surface area contributed by atoms with Crippen molar-refractivity contribution in [2.75, 3.05) is 136 Å². The zero-order chi connectivity index (χ0) is 90.8. The van der Waals surface area contributed by atoms with Crippen molar-refractivity contribution >= 4 is 81.0 Å². The third-order valence-corrected chi connectivity index (χ3v) is 25.2. The molecular weight excluding hydrogens is 1640 g/mol. The molecule has 1 saturated carbocycles. The van der Waals surface area contributed by atoms with Crippen molar-refractivity contribution in [3.05, 3.63) is 89.6 Å². The van der Waals surface area contributed by atoms with Crippen LogP contribution in [0.15, 0.2) is 87.9 Å². The number of aryl methyl sites for hydroxylation is 1. The van der Waals surface area contributed by atoms with Gasteiger partial charge < -0.3 is 115 Å². The first-order valence-corrected chi connectivity index (χ1v) is 44.9. The number of amides is 4. The standard InChI is InChI=1S/C90H132N16O21/c1-55-16-10-9-11-17-56(2)72(118-7)49-64-22-19-60(6)90(117,127-64)83(114)86(115)105-29-14-12-18-68(105)87(116)125-73(65(91)46-61-20-23-69(107)74(47-61)119-8)50-70(108)57(3)45-59(5)81(112)82(113)79(58(4)44-55)101-124-53-77(111)104-31-25-66-63(52-104)51-95-89(99-66)103-34-32-102(33-35-103)76(110)27-37-121-39-41-123-43-42-122-40-38-120-36-26-75(109)94-28-13-15-30-106-85-78(84(92)96-54-97-85)80(100-106)62-21-24-71-67(48-62)98-88(93)126-71/h9-11,16-17,21,24,45,48,51,54-55,57-58,60-61,64-65,68-70,72-74,81-82,107-108,112-113,117H,12-15,18-20,22-23,25-44,46-47,49-50,52-53,91H2,1-8H3,(H2,93,98)(H,94,109)(H2,92,96,97)/b11-9?,16-10+,56-17?,59-45+,101-79+/t55-,57-,58-,60-,61+,64+,65-,68+,69-,70-,72+,73+,74-,81-,82+,90-/m1/s1. The lowest BCUT2D eigenvalue weighted by Gasteiger charge is -2.42. The molecule has 1 aromatic carbocycles. The number of aliphatic hydroxyl groups is 5. The topological polar surface area (TPSA) is 497 Å². The summed E-state index contributed by atoms with van der Waals surface area (Å²) in [4.78, 5) is 118. The number of nitrogen functional groups attached to an aromatic ring is 2. The molecule has 0 radical (unpaired) electrons. The Morgan fingerprint density at radius 2 is 1.49 bits per heavy atom. The van der Waals surface area contributed by atoms with Gasteiger partial charge in [-0.25, -0.2) is 29.4 Å². The van der Waals surface area contributed by atoms with E-state index in [1.165, 1.54) is 13.4 Å². The number of nitrogens with two attached hydrogens (primary N) is 3. The second kappa shape index (κ2) is 47.8. The summed E-state index contributed by atoms with van der Waals surface area (Å²) >= 11 is 0. The van der Waals surface area contributed by atoms with E-state index in [0.717, 1.165) is 33.7 Å². The van der Waals surface area contributed by atoms with E-state index in [0.29, 0.717) is 196 Å². The molecule has 37 nitrogen and oxygen atoms in total. The third-order valence-electron chi connectivity index (χ3n) is 25.2. The molecule has 12 N–H and O–H groups in total. The van der Waals surface area contributed by atoms with Crippen LogP contribution in [0.5, 0.6) is 0 Å². The van der Waals surface area contributed by atoms with Gasteiger partial charge in [-0.1, -0.05) is 69.3 Å². The maximum absolute atomic E-state index is 14.7. The first-order chi connectivity index (χ1) is 61.1. The Kier molecular flexibility index (Phi) is 37.0. The number of ketones is 1. The molecule has 2 bridgehead atoms. The summed E-state index contributed by atoms with van der Waals surface area (Å²) < 4.78 is 53.8. The molecule has 1 aliphatic carbocycles. The van der Waals surface area contributed by atoms with Crippen molar-refractivity contribution < 1.29 is 101 Å². The van der Waals surface area contributed by atoms with E-state index in [2.05, 4.69) is 25.4 Å². The highest BCUT2D eigenvalue weighted by Gasteiger charge is 2.53. The number of methoxy groups -OCH3 is 2. The van der Waals surface area contributed by atoms with Crippen LogP contribution in [0.4, 0.5) is 17.8 Å². The molecule has 698 valence electrons. The smallest absolute Gasteiger partial charge is 0.329 e. The molecule has 11 rings (SSSR count). The van der Waals surface area contributed by atoms with Crippen molar-refractivity contribution in [3.8, 4) is 11.3 Å². The minimum Gasteiger partial charge on any atom is -0.459 e. The summed E-state index contributed by atoms with van der Waals surface area (Å²) in [6, 6.07) is 3.45. The number of esters is 1. The molecule has 9 heterocycles. The number of hydrogen-bond acceptors (Lipinski definition) is 32. The fourth-order valence-corrected chi connectivity index (χ4v) is 17.5. The van der Waals surface area contributed by atoms with Crippen LogP contribution in [0.2, 0.25) is 0 Å². The van der Waals surface area contributed by atoms with Gasteiger partial charge in [0.15, 0.2) is 17.8 Å². The van der Waals surface area contributed by atoms with Crippen LogP contribution in [0.25, 0.3) is 33.4 Å². The van der Waals surface area contributed by atoms with Gasteiger partial charge in [-0.05, 0) is 132 Å². The number of allylic oxidation sites excluding steroid dienone is 5. The van der Waals surface area contributed by atoms with Crippen LogP contribution in [-0.2, 0) is 91.0 Å². The average molecular weight is 1770 g/mol. The summed E-state index contributed by atoms with van der Waals surface area (Å²) in [5, 5.41) is 72.0. The van der Waals surface area contributed by atoms with Crippen molar-refractivity contribution in [2.24, 2.45) is 40.5 Å². The average Bonchev–Trinajstić information content (AvgIpc) is 1.71. The number of piperidine rings is 1. The molecule has 3 saturated heterocycles. The van der Waals surface area contributed by atoms with E-state index in [-0.39, 0.29) is 105 Å². The van der Waals surface area contributed by atoms with Crippen molar-refractivity contribution in [1.29, 1.82) is 0 Å². The van der Waals surface area contributed by atoms with Gasteiger partial charge in [-0.2, -0.15) is 10.1 Å². The molecule has 5 aliphatic heterocycles. The Hall–Kier alpha value is -9.35. The molecule has 37 heteroatoms. The number of nitrogens with one attached hydrogen (secondary N) is 1. The van der Waals surface area contributed by atoms with Gasteiger partial charge in [0.1, 0.15) is 47.7 Å². The van der Waals surface area contributed by atoms with E-state index < -0.39 is 109 Å². The van der Waals surface area contributed by atoms with Crippen LogP contribution in [0.1, 0.15) is 156 Å². The van der Waals surface area contributed by atoms with Crippen LogP contribution >= 0.6 is 0 Å². The molecular formula is C90H132N16O21. The number of anilines is 3. The monoisotopic (exact) mass is 1770 g/mol. The van der Waals surface area contributed by atoms with Crippen LogP contribution in [-0.4, -0.2) is 302 Å². The Balaban J connectivity index is 0.606. The molecule has 6 aliphatic rings. The zero-order valence-corrected chi connectivity index (χ0v) is 74.6. The summed E-state index contributed by atoms with van der Waals surface area (Å²) in [6.45, 7) is 16.4. The fraction of sp³-hybridized carbons (Fsp3) is 0.656. The van der Waals surface area contributed by atoms with Gasteiger partial charge >= 0.3 is 5.97 Å². The largest absolute Gasteiger partial charge is 0.459 e. The molecule has 5 aromatic rings. The maximum Gasteiger partial charge on any atom is 0.329 e. The highest BCUT2D eigenvalue weighted by atomic mass is 16.6. The molecule has 0 unspecified atom stereocenters. The van der Waals surface area contributed by atoms with Crippen LogP contribution < -0.4 is 27.4 Å². The lowest BCUT2D eigenvalue weighted by Crippen LogP contribution is -2.61. The van der Waals surface area contributed by atoms with Gasteiger partial charge in [0.25, 0.3) is 23.6 Å². The molecule has 0 spiro atoms. The quantitative estimate of drug-likeness (QED) is 0.00914. The Morgan fingerprint density at radius 1 is 0.748 bits per heavy atom. The number of benzene rings is 1. The van der Waals surface area contributed by atoms with E-state index in [1.807, 2.05) is 73.1 Å². The lowest BCUT2D eigenvalue weighted by atomic mass is 9.80. The number of hydrogen-bond donors (Lipinski definition) is 9. The van der Waals surface area contributed by atoms with Crippen LogP contribution in [0, 0.1) is 29.6 Å². The van der Waals surface area contributed by atoms with E-state index in [9.17, 15) is 54.3 Å². The number of carbonyl (C=O) groups is 6. The van der Waals surface area contributed by atoms with Gasteiger partial charge in [-0.15, -0.1) is 0 Å². The molecule has 4 amide bonds. The first-order valence-electron chi connectivity index (χ1n) is 44.9. The number of rotatable bonds is 30. The number of oxime groups is 1. The highest BCUT2D eigenvalue weighted by molar-refractivity contribution is 6.39. The summed E-state index contributed by atoms with van der Waals surface area (Å²) in [7, 11) is 3.09. The van der Waals surface area contributed by atoms with Crippen molar-refractivity contribution in [3.63, 3.8) is 0 Å². The number of nitrogens with zero attached hydrogens (tertiary/aromatic N) is 12. The molecule has 16 atom stereocenters. The third kappa shape index (κ3) is 26.9. The van der Waals surface area contributed by atoms with E-state index in [1.54, 1.807) is 55.8 Å². The minimum absolute atomic E-state index is 0.0191. The number of unbranched alkanes of at least 4 members (excludes halogenated alkanes) is 1. The minimum atomic E-state index is -2.49. The fourth-order valence-electron chi connectivity index (χ4n) is 17.5. The summed E-state index contributed by atoms with van der Waals surface area (Å²) in [5.41, 5.74) is 25.0. The SMILES string of the molecule is CO[C@H]1C[C@@H]2CC[C@@H](C)[C@@](O)(O2)C(=O)C(=O)N2CCCC[C@H]2C(=O)O[C@H]([C@H](N)C[C@@H]2CC[C@@H](O)[C@H](OC)C2)C[C@@H](O)[C@H](C)/C=C(\C)[C@@H](O)[C@@H](O)/C(=N/OCC(=O)N2CCc3nc(N4CCN(C(=O)CCOCCOCCOCCOCCC(=O)NCCCCn5nc(-c6ccc7oc(N)nc7c6)c6c(N)ncnc65)CC4)ncc3C2)[C@H](C)C[C@H](C)/C=C/C=CC=C1C. The van der Waals surface area contributed by atoms with Crippen molar-refractivity contribution in [2.45, 2.75) is 230 Å². The van der Waals surface area contributed by atoms with Crippen molar-refractivity contribution in [1.82, 2.24) is 54.7 Å². The van der Waals surface area contributed by atoms with E-state index in [4.69, 9.17) is 79.4 Å². The summed E-state index contributed by atoms with van der Waals surface area (Å²) in [6.07, 6.45) is 13.0. The van der Waals surface area contributed by atoms with E-state index >= 15 is 0 Å². The number of oxazole rings is 1. The Morgan fingerprint density at radius 3 is 2.23 bits per heavy atom. The normalized spacial score (nSPS) is 28.0. The van der Waals surface area contributed by atoms with Gasteiger partial charge in [0.05, 0.1) is 107 Å². The maximum atomic E-state index is 14.7. The number of aliphatic hydroxyl groups excluding tert-OH is 4. The number of piperazine rings is 1. The number of Topliss-reactive ketones (excluding diaryl/α,β-unsaturated/α-hetero) is 1. The Bertz CT molecular complexity index is 4630. The number of ether oxygens (including phenoxy) is 8. The van der Waals surface area contributed by atoms with Crippen LogP contribution in [0.3, 0.4) is 0 Å². The van der Waals surface area contributed by atoms with Gasteiger partial charge in [0.2, 0.25) is 23.5 Å². The number of aromatic nitrogens is 7. The summed E-state index contributed by atoms with van der Waals surface area (Å²) in [5.74, 6) is -7.44. The number of cyclic esters (lactones) is 1. The Labute approximate surface area is 741 Å². The lowest BCUT2D eigenvalue weighted by molar-refractivity contribution is -0.265. The number of fused-ring (bicyclic) bond motifs is 6. The highest BCUT2D eigenvalue weighted by Crippen LogP contribution is 2.39. The molecule has 4 aromatic heterocycles. The number of carbonyl (C=O) groups excluding carboxylic acids is 6. The molecule has 4 fully saturated rings. The van der Waals surface area contributed by atoms with Gasteiger partial charge in [0, 0.05) is 140 Å². The second-order valence-electron chi connectivity index (χ2n) is 34.5. The predicted molar refractivity (Wildman–Crippen MR) is 470 cm³/mol. The van der Waals surface area contributed by atoms with Gasteiger partial charge in [-0.3, -0.25) is 24.0 Å².